The Morgan fingerprint density at radius 3 is 2.16 bits per heavy atom. The molecule has 1 aliphatic rings. The summed E-state index contributed by atoms with van der Waals surface area (Å²) in [4.78, 5) is 32.1. The van der Waals surface area contributed by atoms with E-state index in [2.05, 4.69) is 4.98 Å². The summed E-state index contributed by atoms with van der Waals surface area (Å²) < 4.78 is 67.3. The van der Waals surface area contributed by atoms with Gasteiger partial charge in [-0.2, -0.15) is 4.98 Å². The number of nitrogens with zero attached hydrogens (tertiary/aromatic N) is 4. The number of alkyl halides is 2. The zero-order valence-corrected chi connectivity index (χ0v) is 27.7. The molecule has 1 atom stereocenters. The molecular formula is C37H37F3N4O5. The zero-order chi connectivity index (χ0) is 34.9. The summed E-state index contributed by atoms with van der Waals surface area (Å²) in [5, 5.41) is 0. The number of amides is 1. The summed E-state index contributed by atoms with van der Waals surface area (Å²) in [5.41, 5.74) is 0.425. The van der Waals surface area contributed by atoms with Crippen LogP contribution in [0.5, 0.6) is 11.8 Å². The molecule has 49 heavy (non-hydrogen) atoms. The van der Waals surface area contributed by atoms with E-state index in [-0.39, 0.29) is 60.2 Å². The Kier molecular flexibility index (Phi) is 9.15. The SMILES string of the molecule is Cn1c(=O)n(-c2ccc(OCc3ccccc3)nc2OCc2ccccc2)c2ccc(F)c([C@@H]3CCN(C(=O)OC(C)(C)C)CC3(F)F)c21. The van der Waals surface area contributed by atoms with Gasteiger partial charge < -0.3 is 19.1 Å². The second kappa shape index (κ2) is 13.3. The zero-order valence-electron chi connectivity index (χ0n) is 27.7. The largest absolute Gasteiger partial charge is 0.473 e. The van der Waals surface area contributed by atoms with E-state index in [0.29, 0.717) is 0 Å². The van der Waals surface area contributed by atoms with Gasteiger partial charge >= 0.3 is 11.8 Å². The van der Waals surface area contributed by atoms with Gasteiger partial charge in [0.05, 0.1) is 23.5 Å². The van der Waals surface area contributed by atoms with Crippen molar-refractivity contribution in [1.29, 1.82) is 0 Å². The highest BCUT2D eigenvalue weighted by atomic mass is 19.3. The van der Waals surface area contributed by atoms with E-state index in [1.807, 2.05) is 60.7 Å². The third-order valence-corrected chi connectivity index (χ3v) is 8.30. The first-order valence-electron chi connectivity index (χ1n) is 15.9. The fraction of sp³-hybridized carbons (Fsp3) is 0.324. The van der Waals surface area contributed by atoms with Gasteiger partial charge in [-0.15, -0.1) is 0 Å². The molecule has 0 radical (unpaired) electrons. The van der Waals surface area contributed by atoms with Crippen LogP contribution in [0.25, 0.3) is 16.7 Å². The molecule has 0 aliphatic carbocycles. The van der Waals surface area contributed by atoms with Crippen LogP contribution in [-0.4, -0.2) is 49.7 Å². The molecule has 3 aromatic carbocycles. The lowest BCUT2D eigenvalue weighted by molar-refractivity contribution is -0.0852. The summed E-state index contributed by atoms with van der Waals surface area (Å²) in [6.45, 7) is 4.27. The maximum atomic E-state index is 15.9. The number of rotatable bonds is 8. The van der Waals surface area contributed by atoms with Crippen LogP contribution in [0.15, 0.2) is 89.7 Å². The molecule has 0 spiro atoms. The number of piperidine rings is 1. The van der Waals surface area contributed by atoms with Crippen molar-refractivity contribution in [2.45, 2.75) is 57.8 Å². The Morgan fingerprint density at radius 2 is 1.55 bits per heavy atom. The number of pyridine rings is 1. The molecular weight excluding hydrogens is 637 g/mol. The van der Waals surface area contributed by atoms with Gasteiger partial charge in [-0.3, -0.25) is 9.13 Å². The lowest BCUT2D eigenvalue weighted by atomic mass is 9.85. The van der Waals surface area contributed by atoms with Crippen molar-refractivity contribution in [3.05, 3.63) is 118 Å². The number of fused-ring (bicyclic) bond motifs is 1. The normalized spacial score (nSPS) is 16.1. The number of hydrogen-bond acceptors (Lipinski definition) is 6. The Balaban J connectivity index is 1.40. The second-order valence-corrected chi connectivity index (χ2v) is 13.0. The van der Waals surface area contributed by atoms with Gasteiger partial charge in [0.2, 0.25) is 11.8 Å². The number of imidazole rings is 1. The lowest BCUT2D eigenvalue weighted by Gasteiger charge is -2.39. The maximum absolute atomic E-state index is 15.9. The van der Waals surface area contributed by atoms with Crippen LogP contribution in [0.4, 0.5) is 18.0 Å². The number of ether oxygens (including phenoxy) is 3. The van der Waals surface area contributed by atoms with Crippen LogP contribution in [0, 0.1) is 5.82 Å². The van der Waals surface area contributed by atoms with Crippen molar-refractivity contribution in [3.63, 3.8) is 0 Å². The van der Waals surface area contributed by atoms with Crippen molar-refractivity contribution in [1.82, 2.24) is 19.0 Å². The predicted molar refractivity (Wildman–Crippen MR) is 178 cm³/mol. The van der Waals surface area contributed by atoms with E-state index in [1.54, 1.807) is 32.9 Å². The highest BCUT2D eigenvalue weighted by Crippen LogP contribution is 2.44. The van der Waals surface area contributed by atoms with Crippen molar-refractivity contribution in [2.24, 2.45) is 7.05 Å². The quantitative estimate of drug-likeness (QED) is 0.171. The molecule has 0 saturated carbocycles. The smallest absolute Gasteiger partial charge is 0.410 e. The van der Waals surface area contributed by atoms with E-state index in [4.69, 9.17) is 14.2 Å². The molecule has 0 bridgehead atoms. The average Bonchev–Trinajstić information content (AvgIpc) is 3.32. The maximum Gasteiger partial charge on any atom is 0.410 e. The van der Waals surface area contributed by atoms with Gasteiger partial charge in [0.1, 0.15) is 30.3 Å². The summed E-state index contributed by atoms with van der Waals surface area (Å²) in [7, 11) is 1.41. The first-order chi connectivity index (χ1) is 23.3. The number of carbonyl (C=O) groups is 1. The van der Waals surface area contributed by atoms with E-state index in [1.165, 1.54) is 17.7 Å². The molecule has 5 aromatic rings. The minimum Gasteiger partial charge on any atom is -0.473 e. The Labute approximate surface area is 281 Å². The van der Waals surface area contributed by atoms with Crippen LogP contribution < -0.4 is 15.2 Å². The molecule has 3 heterocycles. The number of aromatic nitrogens is 3. The molecule has 0 N–H and O–H groups in total. The van der Waals surface area contributed by atoms with Crippen LogP contribution in [0.3, 0.4) is 0 Å². The van der Waals surface area contributed by atoms with E-state index in [9.17, 15) is 9.59 Å². The number of carbonyl (C=O) groups excluding carboxylic acids is 1. The van der Waals surface area contributed by atoms with Crippen molar-refractivity contribution < 1.29 is 32.2 Å². The van der Waals surface area contributed by atoms with Gasteiger partial charge in [-0.05, 0) is 56.5 Å². The monoisotopic (exact) mass is 674 g/mol. The third-order valence-electron chi connectivity index (χ3n) is 8.30. The number of halogens is 3. The van der Waals surface area contributed by atoms with Crippen molar-refractivity contribution in [2.75, 3.05) is 13.1 Å². The molecule has 2 aromatic heterocycles. The van der Waals surface area contributed by atoms with Crippen molar-refractivity contribution in [3.8, 4) is 17.4 Å². The lowest BCUT2D eigenvalue weighted by Crippen LogP contribution is -2.51. The minimum atomic E-state index is -3.52. The Hall–Kier alpha value is -5.26. The molecule has 1 amide bonds. The highest BCUT2D eigenvalue weighted by Gasteiger charge is 2.49. The summed E-state index contributed by atoms with van der Waals surface area (Å²) in [5.74, 6) is -5.71. The number of aryl methyl sites for hydroxylation is 1. The van der Waals surface area contributed by atoms with Crippen LogP contribution in [-0.2, 0) is 25.0 Å². The molecule has 1 aliphatic heterocycles. The molecule has 6 rings (SSSR count). The van der Waals surface area contributed by atoms with Gasteiger partial charge in [-0.1, -0.05) is 60.7 Å². The fourth-order valence-electron chi connectivity index (χ4n) is 6.03. The minimum absolute atomic E-state index is 0.0128. The summed E-state index contributed by atoms with van der Waals surface area (Å²) >= 11 is 0. The molecule has 9 nitrogen and oxygen atoms in total. The first-order valence-corrected chi connectivity index (χ1v) is 15.9. The van der Waals surface area contributed by atoms with E-state index >= 15 is 13.2 Å². The third kappa shape index (κ3) is 7.13. The average molecular weight is 675 g/mol. The highest BCUT2D eigenvalue weighted by molar-refractivity contribution is 5.83. The fourth-order valence-corrected chi connectivity index (χ4v) is 6.03. The van der Waals surface area contributed by atoms with E-state index < -0.39 is 41.6 Å². The van der Waals surface area contributed by atoms with Crippen LogP contribution in [0.1, 0.15) is 49.8 Å². The standard InChI is InChI=1S/C37H37F3N4O5/c1-36(2,3)49-35(46)43-20-19-26(37(39,40)23-43)31-27(38)15-16-28-32(31)42(4)34(45)44(28)29-17-18-30(47-21-24-11-7-5-8-12-24)41-33(29)48-22-25-13-9-6-10-14-25/h5-18,26H,19-23H2,1-4H3/t26-/m0/s1. The van der Waals surface area contributed by atoms with Crippen molar-refractivity contribution >= 4 is 17.1 Å². The van der Waals surface area contributed by atoms with Gasteiger partial charge in [-0.25, -0.2) is 22.8 Å². The number of hydrogen-bond donors (Lipinski definition) is 0. The molecule has 1 fully saturated rings. The summed E-state index contributed by atoms with van der Waals surface area (Å²) in [6.07, 6.45) is -1.11. The second-order valence-electron chi connectivity index (χ2n) is 13.0. The summed E-state index contributed by atoms with van der Waals surface area (Å²) in [6, 6.07) is 24.5. The molecule has 0 unspecified atom stereocenters. The van der Waals surface area contributed by atoms with Crippen LogP contribution in [0.2, 0.25) is 0 Å². The first kappa shape index (κ1) is 33.6. The topological polar surface area (TPSA) is 87.8 Å². The van der Waals surface area contributed by atoms with Crippen LogP contribution >= 0.6 is 0 Å². The molecule has 256 valence electrons. The molecule has 12 heteroatoms. The van der Waals surface area contributed by atoms with Gasteiger partial charge in [0, 0.05) is 25.2 Å². The predicted octanol–water partition coefficient (Wildman–Crippen LogP) is 7.38. The number of benzene rings is 3. The van der Waals surface area contributed by atoms with Gasteiger partial charge in [0.15, 0.2) is 0 Å². The van der Waals surface area contributed by atoms with E-state index in [0.717, 1.165) is 26.7 Å². The Morgan fingerprint density at radius 1 is 0.918 bits per heavy atom. The van der Waals surface area contributed by atoms with Gasteiger partial charge in [0.25, 0.3) is 5.92 Å². The molecule has 1 saturated heterocycles. The number of likely N-dealkylation sites (tertiary alicyclic amines) is 1. The Bertz CT molecular complexity index is 2020.